The Balaban J connectivity index is 1.74. The van der Waals surface area contributed by atoms with E-state index in [1.165, 1.54) is 0 Å². The lowest BCUT2D eigenvalue weighted by Crippen LogP contribution is -2.51. The Morgan fingerprint density at radius 3 is 2.38 bits per heavy atom. The van der Waals surface area contributed by atoms with Gasteiger partial charge in [0.2, 0.25) is 5.91 Å². The van der Waals surface area contributed by atoms with Gasteiger partial charge in [-0.3, -0.25) is 14.5 Å². The number of carbonyl (C=O) groups is 2. The zero-order valence-corrected chi connectivity index (χ0v) is 14.0. The largest absolute Gasteiger partial charge is 0.484 e. The molecule has 132 valence electrons. The number of aliphatic hydroxyl groups excluding tert-OH is 1. The van der Waals surface area contributed by atoms with Crippen LogP contribution in [0, 0.1) is 0 Å². The van der Waals surface area contributed by atoms with Gasteiger partial charge < -0.3 is 20.5 Å². The molecule has 0 spiro atoms. The van der Waals surface area contributed by atoms with Gasteiger partial charge in [0.25, 0.3) is 5.91 Å². The molecule has 7 nitrogen and oxygen atoms in total. The molecule has 3 N–H and O–H groups in total. The number of amides is 2. The van der Waals surface area contributed by atoms with Gasteiger partial charge in [-0.2, -0.15) is 0 Å². The number of benzene rings is 1. The number of rotatable bonds is 7. The maximum atomic E-state index is 12.2. The minimum Gasteiger partial charge on any atom is -0.484 e. The summed E-state index contributed by atoms with van der Waals surface area (Å²) < 4.78 is 5.47. The zero-order chi connectivity index (χ0) is 17.5. The molecular formula is C17H25N3O4. The Morgan fingerprint density at radius 2 is 1.83 bits per heavy atom. The van der Waals surface area contributed by atoms with Crippen LogP contribution in [-0.4, -0.2) is 72.2 Å². The fraction of sp³-hybridized carbons (Fsp3) is 0.529. The number of aliphatic hydroxyl groups is 1. The van der Waals surface area contributed by atoms with Gasteiger partial charge in [0, 0.05) is 38.3 Å². The molecule has 1 atom stereocenters. The second-order valence-electron chi connectivity index (χ2n) is 5.92. The highest BCUT2D eigenvalue weighted by Crippen LogP contribution is 2.12. The molecule has 1 aromatic carbocycles. The Bertz CT molecular complexity index is 553. The van der Waals surface area contributed by atoms with E-state index >= 15 is 0 Å². The van der Waals surface area contributed by atoms with Crippen LogP contribution >= 0.6 is 0 Å². The van der Waals surface area contributed by atoms with Gasteiger partial charge in [-0.25, -0.2) is 0 Å². The Labute approximate surface area is 142 Å². The molecule has 1 heterocycles. The number of primary amides is 1. The molecule has 0 unspecified atom stereocenters. The van der Waals surface area contributed by atoms with E-state index < -0.39 is 5.91 Å². The molecule has 1 aliphatic heterocycles. The van der Waals surface area contributed by atoms with Gasteiger partial charge >= 0.3 is 0 Å². The lowest BCUT2D eigenvalue weighted by atomic mass is 10.2. The van der Waals surface area contributed by atoms with Crippen molar-refractivity contribution in [1.29, 1.82) is 0 Å². The molecule has 7 heteroatoms. The van der Waals surface area contributed by atoms with Crippen molar-refractivity contribution in [1.82, 2.24) is 9.80 Å². The summed E-state index contributed by atoms with van der Waals surface area (Å²) >= 11 is 0. The Hall–Kier alpha value is -2.12. The summed E-state index contributed by atoms with van der Waals surface area (Å²) in [5, 5.41) is 9.68. The van der Waals surface area contributed by atoms with Crippen LogP contribution in [0.15, 0.2) is 24.3 Å². The second kappa shape index (κ2) is 8.65. The molecule has 1 aliphatic rings. The van der Waals surface area contributed by atoms with Crippen LogP contribution in [0.1, 0.15) is 23.7 Å². The van der Waals surface area contributed by atoms with Crippen molar-refractivity contribution in [2.24, 2.45) is 5.73 Å². The first-order valence-corrected chi connectivity index (χ1v) is 8.20. The minimum absolute atomic E-state index is 0.0342. The van der Waals surface area contributed by atoms with E-state index in [0.29, 0.717) is 30.9 Å². The van der Waals surface area contributed by atoms with E-state index in [2.05, 4.69) is 4.90 Å². The van der Waals surface area contributed by atoms with Crippen LogP contribution < -0.4 is 10.5 Å². The third-order valence-corrected chi connectivity index (χ3v) is 4.17. The van der Waals surface area contributed by atoms with Crippen LogP contribution in [0.4, 0.5) is 0 Å². The highest BCUT2D eigenvalue weighted by atomic mass is 16.5. The third-order valence-electron chi connectivity index (χ3n) is 4.17. The van der Waals surface area contributed by atoms with Gasteiger partial charge in [-0.05, 0) is 30.7 Å². The molecule has 24 heavy (non-hydrogen) atoms. The average Bonchev–Trinajstić information content (AvgIpc) is 2.60. The van der Waals surface area contributed by atoms with Gasteiger partial charge in [0.05, 0.1) is 6.10 Å². The molecule has 1 saturated heterocycles. The molecule has 0 saturated carbocycles. The molecule has 0 radical (unpaired) electrons. The van der Waals surface area contributed by atoms with Crippen molar-refractivity contribution in [2.75, 3.05) is 39.3 Å². The standard InChI is InChI=1S/C17H25N3O4/c1-2-14(21)11-19-7-9-20(10-8-19)16(22)12-24-15-5-3-13(4-6-15)17(18)23/h3-6,14,21H,2,7-12H2,1H3,(H2,18,23)/t14-/m1/s1. The lowest BCUT2D eigenvalue weighted by molar-refractivity contribution is -0.135. The molecule has 2 amide bonds. The number of piperazine rings is 1. The highest BCUT2D eigenvalue weighted by molar-refractivity contribution is 5.92. The number of nitrogens with zero attached hydrogens (tertiary/aromatic N) is 2. The minimum atomic E-state index is -0.497. The first kappa shape index (κ1) is 18.2. The smallest absolute Gasteiger partial charge is 0.260 e. The van der Waals surface area contributed by atoms with Crippen molar-refractivity contribution in [3.63, 3.8) is 0 Å². The van der Waals surface area contributed by atoms with Crippen molar-refractivity contribution < 1.29 is 19.4 Å². The summed E-state index contributed by atoms with van der Waals surface area (Å²) in [6, 6.07) is 6.38. The highest BCUT2D eigenvalue weighted by Gasteiger charge is 2.22. The van der Waals surface area contributed by atoms with E-state index in [-0.39, 0.29) is 18.6 Å². The Morgan fingerprint density at radius 1 is 1.21 bits per heavy atom. The van der Waals surface area contributed by atoms with E-state index in [4.69, 9.17) is 10.5 Å². The molecule has 0 aliphatic carbocycles. The SMILES string of the molecule is CC[C@@H](O)CN1CCN(C(=O)COc2ccc(C(N)=O)cc2)CC1. The van der Waals surface area contributed by atoms with E-state index in [9.17, 15) is 14.7 Å². The summed E-state index contributed by atoms with van der Waals surface area (Å²) in [5.41, 5.74) is 5.58. The molecule has 0 bridgehead atoms. The molecule has 2 rings (SSSR count). The van der Waals surface area contributed by atoms with E-state index in [0.717, 1.165) is 19.5 Å². The third kappa shape index (κ3) is 5.21. The second-order valence-corrected chi connectivity index (χ2v) is 5.92. The maximum Gasteiger partial charge on any atom is 0.260 e. The normalized spacial score (nSPS) is 16.7. The number of hydrogen-bond acceptors (Lipinski definition) is 5. The predicted molar refractivity (Wildman–Crippen MR) is 89.8 cm³/mol. The summed E-state index contributed by atoms with van der Waals surface area (Å²) in [6.07, 6.45) is 0.431. The molecular weight excluding hydrogens is 310 g/mol. The number of β-amino-alcohol motifs (C(OH)–C–C–N with tert-alkyl or cyclic N) is 1. The van der Waals surface area contributed by atoms with Crippen LogP contribution in [0.3, 0.4) is 0 Å². The molecule has 1 fully saturated rings. The van der Waals surface area contributed by atoms with Crippen molar-refractivity contribution in [3.05, 3.63) is 29.8 Å². The quantitative estimate of drug-likeness (QED) is 0.736. The van der Waals surface area contributed by atoms with Gasteiger partial charge in [0.15, 0.2) is 6.61 Å². The fourth-order valence-electron chi connectivity index (χ4n) is 2.56. The van der Waals surface area contributed by atoms with Crippen LogP contribution in [0.5, 0.6) is 5.75 Å². The maximum absolute atomic E-state index is 12.2. The van der Waals surface area contributed by atoms with Crippen LogP contribution in [0.25, 0.3) is 0 Å². The summed E-state index contributed by atoms with van der Waals surface area (Å²) in [5.74, 6) is -0.0357. The fourth-order valence-corrected chi connectivity index (χ4v) is 2.56. The Kier molecular flexibility index (Phi) is 6.57. The summed E-state index contributed by atoms with van der Waals surface area (Å²) in [7, 11) is 0. The number of carbonyl (C=O) groups excluding carboxylic acids is 2. The van der Waals surface area contributed by atoms with Gasteiger partial charge in [-0.15, -0.1) is 0 Å². The van der Waals surface area contributed by atoms with Crippen molar-refractivity contribution >= 4 is 11.8 Å². The topological polar surface area (TPSA) is 96.1 Å². The van der Waals surface area contributed by atoms with Crippen molar-refractivity contribution in [2.45, 2.75) is 19.4 Å². The van der Waals surface area contributed by atoms with Gasteiger partial charge in [-0.1, -0.05) is 6.92 Å². The van der Waals surface area contributed by atoms with E-state index in [1.807, 2.05) is 6.92 Å². The average molecular weight is 335 g/mol. The molecule has 0 aromatic heterocycles. The molecule has 1 aromatic rings. The number of nitrogens with two attached hydrogens (primary N) is 1. The van der Waals surface area contributed by atoms with Gasteiger partial charge in [0.1, 0.15) is 5.75 Å². The van der Waals surface area contributed by atoms with Crippen LogP contribution in [-0.2, 0) is 4.79 Å². The first-order valence-electron chi connectivity index (χ1n) is 8.20. The first-order chi connectivity index (χ1) is 11.5. The van der Waals surface area contributed by atoms with E-state index in [1.54, 1.807) is 29.2 Å². The predicted octanol–water partition coefficient (Wildman–Crippen LogP) is 0.0794. The summed E-state index contributed by atoms with van der Waals surface area (Å²) in [4.78, 5) is 27.1. The number of hydrogen-bond donors (Lipinski definition) is 2. The monoisotopic (exact) mass is 335 g/mol. The van der Waals surface area contributed by atoms with Crippen molar-refractivity contribution in [3.8, 4) is 5.75 Å². The lowest BCUT2D eigenvalue weighted by Gasteiger charge is -2.35. The summed E-state index contributed by atoms with van der Waals surface area (Å²) in [6.45, 7) is 5.37. The zero-order valence-electron chi connectivity index (χ0n) is 14.0. The van der Waals surface area contributed by atoms with Crippen LogP contribution in [0.2, 0.25) is 0 Å². The number of ether oxygens (including phenoxy) is 1.